The fourth-order valence-corrected chi connectivity index (χ4v) is 5.72. The first kappa shape index (κ1) is 24.6. The van der Waals surface area contributed by atoms with E-state index in [0.717, 1.165) is 23.3 Å². The zero-order valence-corrected chi connectivity index (χ0v) is 19.8. The number of aryl methyl sites for hydroxylation is 3. The summed E-state index contributed by atoms with van der Waals surface area (Å²) in [5, 5.41) is 4.30. The Hall–Kier alpha value is -2.68. The van der Waals surface area contributed by atoms with Gasteiger partial charge in [0.05, 0.1) is 12.3 Å². The van der Waals surface area contributed by atoms with Crippen molar-refractivity contribution in [1.82, 2.24) is 9.78 Å². The van der Waals surface area contributed by atoms with Gasteiger partial charge in [-0.1, -0.05) is 13.8 Å². The molecule has 0 atom stereocenters. The molecule has 0 bridgehead atoms. The molecule has 1 aliphatic rings. The molecule has 1 aromatic heterocycles. The summed E-state index contributed by atoms with van der Waals surface area (Å²) in [6.07, 6.45) is 0.214. The van der Waals surface area contributed by atoms with E-state index in [-0.39, 0.29) is 23.7 Å². The highest BCUT2D eigenvalue weighted by Gasteiger charge is 2.34. The number of fused-ring (bicyclic) bond motifs is 1. The molecule has 9 heteroatoms. The Morgan fingerprint density at radius 2 is 1.87 bits per heavy atom. The summed E-state index contributed by atoms with van der Waals surface area (Å²) < 4.78 is 11.6. The van der Waals surface area contributed by atoms with E-state index in [0.29, 0.717) is 16.8 Å². The average molecular weight is 449 g/mol. The largest absolute Gasteiger partial charge is 0.515 e. The zero-order valence-electron chi connectivity index (χ0n) is 19.0. The molecule has 0 fully saturated rings. The molecule has 0 saturated heterocycles. The third kappa shape index (κ3) is 4.66. The predicted molar refractivity (Wildman–Crippen MR) is 120 cm³/mol. The molecule has 0 amide bonds. The van der Waals surface area contributed by atoms with E-state index in [2.05, 4.69) is 25.9 Å². The van der Waals surface area contributed by atoms with Crippen LogP contribution in [0.25, 0.3) is 0 Å². The molecule has 0 saturated carbocycles. The van der Waals surface area contributed by atoms with E-state index in [9.17, 15) is 9.59 Å². The molecule has 0 N–H and O–H groups in total. The lowest BCUT2D eigenvalue weighted by atomic mass is 9.76. The molecule has 3 rings (SSSR count). The van der Waals surface area contributed by atoms with Crippen LogP contribution in [0.2, 0.25) is 0 Å². The lowest BCUT2D eigenvalue weighted by molar-refractivity contribution is 0.0981. The topological polar surface area (TPSA) is 105 Å². The number of ketones is 1. The number of carbonyl (C=O) groups excluding carboxylic acids is 2. The van der Waals surface area contributed by atoms with Crippen LogP contribution in [0, 0.1) is 30.7 Å². The van der Waals surface area contributed by atoms with Gasteiger partial charge in [-0.25, -0.2) is 9.48 Å². The molecule has 8 nitrogen and oxygen atoms in total. The van der Waals surface area contributed by atoms with E-state index in [1.54, 1.807) is 20.9 Å². The van der Waals surface area contributed by atoms with Crippen LogP contribution in [0.15, 0.2) is 11.0 Å². The van der Waals surface area contributed by atoms with Gasteiger partial charge in [-0.15, -0.1) is 11.8 Å². The number of nitrogens with zero attached hydrogens (tertiary/aromatic N) is 2. The maximum Gasteiger partial charge on any atom is 0.515 e. The van der Waals surface area contributed by atoms with Gasteiger partial charge in [0.2, 0.25) is 11.7 Å². The molecule has 1 aliphatic heterocycles. The van der Waals surface area contributed by atoms with Crippen LogP contribution in [-0.2, 0) is 17.2 Å². The highest BCUT2D eigenvalue weighted by Crippen LogP contribution is 2.46. The Labute approximate surface area is 185 Å². The molecule has 0 spiro atoms. The van der Waals surface area contributed by atoms with Gasteiger partial charge >= 0.3 is 6.16 Å². The van der Waals surface area contributed by atoms with Crippen molar-refractivity contribution >= 4 is 23.7 Å². The quantitative estimate of drug-likeness (QED) is 0.478. The SMILES string of the molecule is CCOC(=O)Oc1c(C(=O)c2cc(C)c3c(c2C)C(C)(C)CCS3)c(C)nn1C.O=O. The minimum Gasteiger partial charge on any atom is -0.434 e. The van der Waals surface area contributed by atoms with Crippen molar-refractivity contribution in [3.63, 3.8) is 0 Å². The minimum absolute atomic E-state index is 0.0000387. The summed E-state index contributed by atoms with van der Waals surface area (Å²) in [5.74, 6) is 0.992. The van der Waals surface area contributed by atoms with Crippen LogP contribution in [-0.4, -0.2) is 34.1 Å². The Morgan fingerprint density at radius 3 is 2.48 bits per heavy atom. The van der Waals surface area contributed by atoms with Gasteiger partial charge in [-0.2, -0.15) is 5.10 Å². The maximum absolute atomic E-state index is 13.6. The van der Waals surface area contributed by atoms with E-state index >= 15 is 0 Å². The average Bonchev–Trinajstić information content (AvgIpc) is 2.98. The molecule has 0 unspecified atom stereocenters. The Kier molecular flexibility index (Phi) is 7.64. The lowest BCUT2D eigenvalue weighted by Gasteiger charge is -2.35. The summed E-state index contributed by atoms with van der Waals surface area (Å²) in [4.78, 5) is 40.8. The molecule has 2 aromatic rings. The molecular weight excluding hydrogens is 420 g/mol. The van der Waals surface area contributed by atoms with E-state index in [1.807, 2.05) is 24.8 Å². The third-order valence-electron chi connectivity index (χ3n) is 5.46. The van der Waals surface area contributed by atoms with E-state index in [1.165, 1.54) is 15.1 Å². The predicted octanol–water partition coefficient (Wildman–Crippen LogP) is 4.95. The second-order valence-corrected chi connectivity index (χ2v) is 9.16. The lowest BCUT2D eigenvalue weighted by Crippen LogP contribution is -2.26. The Morgan fingerprint density at radius 1 is 1.23 bits per heavy atom. The number of thioether (sulfide) groups is 1. The van der Waals surface area contributed by atoms with Crippen LogP contribution < -0.4 is 4.74 Å². The molecule has 31 heavy (non-hydrogen) atoms. The Bertz CT molecular complexity index is 1010. The first-order valence-corrected chi connectivity index (χ1v) is 10.9. The molecule has 0 radical (unpaired) electrons. The number of rotatable bonds is 4. The molecular formula is C22H28N2O6S. The van der Waals surface area contributed by atoms with Crippen molar-refractivity contribution in [3.8, 4) is 5.88 Å². The van der Waals surface area contributed by atoms with Crippen LogP contribution in [0.5, 0.6) is 5.88 Å². The van der Waals surface area contributed by atoms with E-state index < -0.39 is 6.16 Å². The number of aromatic nitrogens is 2. The van der Waals surface area contributed by atoms with Crippen LogP contribution in [0.1, 0.15) is 65.5 Å². The summed E-state index contributed by atoms with van der Waals surface area (Å²) in [7, 11) is 1.64. The van der Waals surface area contributed by atoms with Crippen molar-refractivity contribution in [2.75, 3.05) is 12.4 Å². The van der Waals surface area contributed by atoms with Gasteiger partial charge in [0, 0.05) is 27.4 Å². The second-order valence-electron chi connectivity index (χ2n) is 8.06. The molecule has 168 valence electrons. The van der Waals surface area contributed by atoms with Gasteiger partial charge in [-0.3, -0.25) is 4.79 Å². The number of hydrogen-bond acceptors (Lipinski definition) is 8. The number of ether oxygens (including phenoxy) is 2. The standard InChI is InChI=1S/C22H28N2O4S.O2/c1-8-27-21(26)28-20-16(14(4)23-24(20)7)18(25)15-11-12(2)19-17(13(15)3)22(5,6)9-10-29-19;1-2/h11H,8-10H2,1-7H3;. The van der Waals surface area contributed by atoms with Gasteiger partial charge in [0.25, 0.3) is 0 Å². The van der Waals surface area contributed by atoms with Gasteiger partial charge in [0.15, 0.2) is 0 Å². The smallest absolute Gasteiger partial charge is 0.434 e. The van der Waals surface area contributed by atoms with Gasteiger partial charge < -0.3 is 9.47 Å². The van der Waals surface area contributed by atoms with Gasteiger partial charge in [0.1, 0.15) is 5.56 Å². The van der Waals surface area contributed by atoms with Crippen LogP contribution in [0.4, 0.5) is 4.79 Å². The van der Waals surface area contributed by atoms with Crippen molar-refractivity contribution in [2.24, 2.45) is 7.05 Å². The van der Waals surface area contributed by atoms with Gasteiger partial charge in [-0.05, 0) is 68.0 Å². The van der Waals surface area contributed by atoms with Crippen molar-refractivity contribution in [3.05, 3.63) is 49.5 Å². The number of benzene rings is 1. The summed E-state index contributed by atoms with van der Waals surface area (Å²) in [6, 6.07) is 1.95. The first-order chi connectivity index (χ1) is 14.6. The summed E-state index contributed by atoms with van der Waals surface area (Å²) in [5.41, 5.74) is 4.76. The number of carbonyl (C=O) groups is 2. The second kappa shape index (κ2) is 9.64. The fourth-order valence-electron chi connectivity index (χ4n) is 4.04. The van der Waals surface area contributed by atoms with Crippen molar-refractivity contribution in [2.45, 2.75) is 58.3 Å². The monoisotopic (exact) mass is 448 g/mol. The van der Waals surface area contributed by atoms with Crippen molar-refractivity contribution in [1.29, 1.82) is 0 Å². The summed E-state index contributed by atoms with van der Waals surface area (Å²) >= 11 is 1.86. The molecule has 1 aromatic carbocycles. The molecule has 2 heterocycles. The van der Waals surface area contributed by atoms with Crippen molar-refractivity contribution < 1.29 is 19.1 Å². The van der Waals surface area contributed by atoms with Crippen LogP contribution in [0.3, 0.4) is 0 Å². The highest BCUT2D eigenvalue weighted by atomic mass is 32.2. The third-order valence-corrected chi connectivity index (χ3v) is 6.68. The summed E-state index contributed by atoms with van der Waals surface area (Å²) in [6.45, 7) is 12.2. The normalized spacial score (nSPS) is 14.2. The highest BCUT2D eigenvalue weighted by molar-refractivity contribution is 7.99. The zero-order chi connectivity index (χ0) is 23.5. The molecule has 0 aliphatic carbocycles. The fraction of sp³-hybridized carbons (Fsp3) is 0.500. The Balaban J connectivity index is 0.00000166. The van der Waals surface area contributed by atoms with Crippen LogP contribution >= 0.6 is 11.8 Å². The van der Waals surface area contributed by atoms with E-state index in [4.69, 9.17) is 19.4 Å². The number of hydrogen-bond donors (Lipinski definition) is 0. The minimum atomic E-state index is -0.847. The first-order valence-electron chi connectivity index (χ1n) is 9.95. The maximum atomic E-state index is 13.6.